The van der Waals surface area contributed by atoms with Gasteiger partial charge < -0.3 is 0 Å². The van der Waals surface area contributed by atoms with E-state index >= 15 is 0 Å². The van der Waals surface area contributed by atoms with E-state index in [0.29, 0.717) is 10.9 Å². The molecule has 1 rings (SSSR count). The molecular formula is C10H11ClF3NS. The summed E-state index contributed by atoms with van der Waals surface area (Å²) in [6.07, 6.45) is -1.59. The Balaban J connectivity index is 2.46. The molecule has 0 saturated heterocycles. The fourth-order valence-electron chi connectivity index (χ4n) is 1.01. The number of pyridine rings is 1. The van der Waals surface area contributed by atoms with Crippen LogP contribution in [0, 0.1) is 0 Å². The van der Waals surface area contributed by atoms with E-state index in [1.807, 2.05) is 0 Å². The molecule has 16 heavy (non-hydrogen) atoms. The minimum atomic E-state index is -4.31. The molecule has 0 aliphatic heterocycles. The van der Waals surface area contributed by atoms with Crippen LogP contribution >= 0.6 is 23.4 Å². The van der Waals surface area contributed by atoms with Gasteiger partial charge >= 0.3 is 6.18 Å². The van der Waals surface area contributed by atoms with Crippen LogP contribution in [0.2, 0.25) is 0 Å². The van der Waals surface area contributed by atoms with Gasteiger partial charge in [0, 0.05) is 12.1 Å². The summed E-state index contributed by atoms with van der Waals surface area (Å²) in [5.41, 5.74) is -0.711. The van der Waals surface area contributed by atoms with Crippen molar-refractivity contribution in [2.45, 2.75) is 24.0 Å². The predicted molar refractivity (Wildman–Crippen MR) is 59.9 cm³/mol. The Bertz CT molecular complexity index is 313. The van der Waals surface area contributed by atoms with Crippen LogP contribution in [0.1, 0.15) is 18.4 Å². The van der Waals surface area contributed by atoms with Gasteiger partial charge in [-0.1, -0.05) is 0 Å². The SMILES string of the molecule is FC(F)(F)c1ccc(SCCCCCl)nc1. The molecule has 0 saturated carbocycles. The zero-order valence-corrected chi connectivity index (χ0v) is 10.0. The molecule has 0 radical (unpaired) electrons. The lowest BCUT2D eigenvalue weighted by Crippen LogP contribution is -2.05. The lowest BCUT2D eigenvalue weighted by atomic mass is 10.3. The van der Waals surface area contributed by atoms with E-state index in [4.69, 9.17) is 11.6 Å². The molecule has 6 heteroatoms. The third-order valence-electron chi connectivity index (χ3n) is 1.84. The number of unbranched alkanes of at least 4 members (excludes halogenated alkanes) is 1. The smallest absolute Gasteiger partial charge is 0.249 e. The zero-order valence-electron chi connectivity index (χ0n) is 8.43. The lowest BCUT2D eigenvalue weighted by Gasteiger charge is -2.06. The van der Waals surface area contributed by atoms with Crippen LogP contribution in [-0.4, -0.2) is 16.6 Å². The largest absolute Gasteiger partial charge is 0.417 e. The maximum absolute atomic E-state index is 12.2. The molecule has 0 aliphatic rings. The Morgan fingerprint density at radius 1 is 1.25 bits per heavy atom. The van der Waals surface area contributed by atoms with Crippen molar-refractivity contribution in [2.24, 2.45) is 0 Å². The van der Waals surface area contributed by atoms with Gasteiger partial charge in [-0.05, 0) is 30.7 Å². The average molecular weight is 270 g/mol. The number of alkyl halides is 4. The maximum Gasteiger partial charge on any atom is 0.417 e. The fraction of sp³-hybridized carbons (Fsp3) is 0.500. The highest BCUT2D eigenvalue weighted by molar-refractivity contribution is 7.99. The summed E-state index contributed by atoms with van der Waals surface area (Å²) in [4.78, 5) is 3.75. The second kappa shape index (κ2) is 6.35. The second-order valence-corrected chi connectivity index (χ2v) is 4.62. The van der Waals surface area contributed by atoms with E-state index < -0.39 is 11.7 Å². The van der Waals surface area contributed by atoms with Crippen LogP contribution in [0.4, 0.5) is 13.2 Å². The van der Waals surface area contributed by atoms with Crippen LogP contribution in [0.3, 0.4) is 0 Å². The van der Waals surface area contributed by atoms with Crippen molar-refractivity contribution in [3.8, 4) is 0 Å². The number of hydrogen-bond donors (Lipinski definition) is 0. The molecule has 0 spiro atoms. The summed E-state index contributed by atoms with van der Waals surface area (Å²) in [6, 6.07) is 2.45. The van der Waals surface area contributed by atoms with E-state index in [2.05, 4.69) is 4.98 Å². The molecule has 0 amide bonds. The van der Waals surface area contributed by atoms with Gasteiger partial charge in [0.05, 0.1) is 10.6 Å². The standard InChI is InChI=1S/C10H11ClF3NS/c11-5-1-2-6-16-9-4-3-8(7-15-9)10(12,13)14/h3-4,7H,1-2,5-6H2. The molecule has 0 fully saturated rings. The number of thioether (sulfide) groups is 1. The van der Waals surface area contributed by atoms with Crippen LogP contribution in [-0.2, 0) is 6.18 Å². The summed E-state index contributed by atoms with van der Waals surface area (Å²) in [5, 5.41) is 0.613. The number of nitrogens with zero attached hydrogens (tertiary/aromatic N) is 1. The van der Waals surface area contributed by atoms with Crippen molar-refractivity contribution in [1.82, 2.24) is 4.98 Å². The summed E-state index contributed by atoms with van der Waals surface area (Å²) in [6.45, 7) is 0. The molecule has 0 atom stereocenters. The Hall–Kier alpha value is -0.420. The zero-order chi connectivity index (χ0) is 12.0. The molecule has 0 unspecified atom stereocenters. The van der Waals surface area contributed by atoms with Crippen molar-refractivity contribution in [3.05, 3.63) is 23.9 Å². The van der Waals surface area contributed by atoms with E-state index in [9.17, 15) is 13.2 Å². The first-order chi connectivity index (χ1) is 7.54. The molecule has 0 aliphatic carbocycles. The highest BCUT2D eigenvalue weighted by Crippen LogP contribution is 2.29. The van der Waals surface area contributed by atoms with E-state index in [1.54, 1.807) is 0 Å². The third kappa shape index (κ3) is 4.61. The minimum absolute atomic E-state index is 0.612. The predicted octanol–water partition coefficient (Wildman–Crippen LogP) is 4.21. The van der Waals surface area contributed by atoms with Gasteiger partial charge in [-0.25, -0.2) is 4.98 Å². The molecule has 1 aromatic heterocycles. The molecule has 0 bridgehead atoms. The highest BCUT2D eigenvalue weighted by atomic mass is 35.5. The van der Waals surface area contributed by atoms with E-state index in [1.165, 1.54) is 17.8 Å². The quantitative estimate of drug-likeness (QED) is 0.451. The number of rotatable bonds is 5. The van der Waals surface area contributed by atoms with Crippen molar-refractivity contribution < 1.29 is 13.2 Å². The molecule has 90 valence electrons. The van der Waals surface area contributed by atoms with Crippen molar-refractivity contribution in [1.29, 1.82) is 0 Å². The van der Waals surface area contributed by atoms with Gasteiger partial charge in [0.25, 0.3) is 0 Å². The van der Waals surface area contributed by atoms with Crippen molar-refractivity contribution in [3.63, 3.8) is 0 Å². The first-order valence-electron chi connectivity index (χ1n) is 4.76. The molecular weight excluding hydrogens is 259 g/mol. The van der Waals surface area contributed by atoms with Gasteiger partial charge in [0.2, 0.25) is 0 Å². The highest BCUT2D eigenvalue weighted by Gasteiger charge is 2.30. The molecule has 1 heterocycles. The van der Waals surface area contributed by atoms with Crippen LogP contribution in [0.15, 0.2) is 23.4 Å². The number of halogens is 4. The summed E-state index contributed by atoms with van der Waals surface area (Å²) >= 11 is 6.95. The Morgan fingerprint density at radius 3 is 2.50 bits per heavy atom. The van der Waals surface area contributed by atoms with Gasteiger partial charge in [0.15, 0.2) is 0 Å². The fourth-order valence-corrected chi connectivity index (χ4v) is 2.04. The topological polar surface area (TPSA) is 12.9 Å². The second-order valence-electron chi connectivity index (χ2n) is 3.13. The van der Waals surface area contributed by atoms with Crippen molar-refractivity contribution in [2.75, 3.05) is 11.6 Å². The Kier molecular flexibility index (Phi) is 5.41. The lowest BCUT2D eigenvalue weighted by molar-refractivity contribution is -0.137. The van der Waals surface area contributed by atoms with Crippen molar-refractivity contribution >= 4 is 23.4 Å². The number of hydrogen-bond acceptors (Lipinski definition) is 2. The monoisotopic (exact) mass is 269 g/mol. The third-order valence-corrected chi connectivity index (χ3v) is 3.14. The summed E-state index contributed by atoms with van der Waals surface area (Å²) < 4.78 is 36.6. The first-order valence-corrected chi connectivity index (χ1v) is 6.28. The summed E-state index contributed by atoms with van der Waals surface area (Å²) in [7, 11) is 0. The Labute approximate surface area is 101 Å². The van der Waals surface area contributed by atoms with E-state index in [0.717, 1.165) is 30.9 Å². The molecule has 1 aromatic rings. The summed E-state index contributed by atoms with van der Waals surface area (Å²) in [5.74, 6) is 1.44. The van der Waals surface area contributed by atoms with Gasteiger partial charge in [0.1, 0.15) is 0 Å². The van der Waals surface area contributed by atoms with Crippen LogP contribution < -0.4 is 0 Å². The van der Waals surface area contributed by atoms with Gasteiger partial charge in [-0.3, -0.25) is 0 Å². The van der Waals surface area contributed by atoms with E-state index in [-0.39, 0.29) is 0 Å². The average Bonchev–Trinajstić information content (AvgIpc) is 2.24. The molecule has 0 aromatic carbocycles. The number of aromatic nitrogens is 1. The Morgan fingerprint density at radius 2 is 2.00 bits per heavy atom. The maximum atomic E-state index is 12.2. The van der Waals surface area contributed by atoms with Gasteiger partial charge in [-0.15, -0.1) is 23.4 Å². The van der Waals surface area contributed by atoms with Crippen LogP contribution in [0.5, 0.6) is 0 Å². The van der Waals surface area contributed by atoms with Crippen LogP contribution in [0.25, 0.3) is 0 Å². The normalized spacial score (nSPS) is 11.8. The molecule has 0 N–H and O–H groups in total. The molecule has 1 nitrogen and oxygen atoms in total. The minimum Gasteiger partial charge on any atom is -0.249 e. The first kappa shape index (κ1) is 13.6. The van der Waals surface area contributed by atoms with Gasteiger partial charge in [-0.2, -0.15) is 13.2 Å².